The number of aliphatic hydroxyl groups excluding tert-OH is 1. The number of azide groups is 1. The van der Waals surface area contributed by atoms with E-state index in [9.17, 15) is 13.2 Å². The van der Waals surface area contributed by atoms with E-state index in [0.29, 0.717) is 18.5 Å². The lowest BCUT2D eigenvalue weighted by molar-refractivity contribution is 0.155. The van der Waals surface area contributed by atoms with Gasteiger partial charge in [0.2, 0.25) is 0 Å². The van der Waals surface area contributed by atoms with Crippen LogP contribution >= 0.6 is 0 Å². The average Bonchev–Trinajstić information content (AvgIpc) is 2.44. The molecule has 1 rings (SSSR count). The molecule has 1 aromatic carbocycles. The first kappa shape index (κ1) is 16.8. The number of sulfonamides is 1. The third-order valence-electron chi connectivity index (χ3n) is 2.33. The molecule has 1 amide bonds. The molecule has 0 aromatic heterocycles. The fourth-order valence-electron chi connectivity index (χ4n) is 1.34. The molecule has 0 unspecified atom stereocenters. The first-order chi connectivity index (χ1) is 9.99. The van der Waals surface area contributed by atoms with Crippen LogP contribution in [-0.2, 0) is 14.8 Å². The number of rotatable bonds is 7. The Hall–Kier alpha value is -2.29. The molecule has 2 N–H and O–H groups in total. The monoisotopic (exact) mass is 314 g/mol. The van der Waals surface area contributed by atoms with E-state index in [1.165, 1.54) is 24.3 Å². The van der Waals surface area contributed by atoms with Crippen LogP contribution in [0.5, 0.6) is 0 Å². The van der Waals surface area contributed by atoms with Crippen molar-refractivity contribution in [2.75, 3.05) is 18.5 Å². The van der Waals surface area contributed by atoms with Gasteiger partial charge in [0, 0.05) is 21.7 Å². The molecule has 114 valence electrons. The molecule has 0 radical (unpaired) electrons. The van der Waals surface area contributed by atoms with Crippen LogP contribution in [0.2, 0.25) is 0 Å². The molecular weight excluding hydrogens is 300 g/mol. The number of hydrogen-bond donors (Lipinski definition) is 2. The molecule has 0 saturated carbocycles. The van der Waals surface area contributed by atoms with Crippen LogP contribution in [0.1, 0.15) is 12.8 Å². The van der Waals surface area contributed by atoms with Gasteiger partial charge in [-0.15, -0.1) is 0 Å². The van der Waals surface area contributed by atoms with Gasteiger partial charge in [-0.2, -0.15) is 0 Å². The number of nitrogens with one attached hydrogen (secondary N) is 1. The van der Waals surface area contributed by atoms with Gasteiger partial charge in [-0.05, 0) is 42.6 Å². The quantitative estimate of drug-likeness (QED) is 0.342. The Bertz CT molecular complexity index is 623. The Morgan fingerprint density at radius 3 is 2.57 bits per heavy atom. The summed E-state index contributed by atoms with van der Waals surface area (Å²) in [5.74, 6) is 0. The van der Waals surface area contributed by atoms with E-state index in [1.807, 2.05) is 0 Å². The van der Waals surface area contributed by atoms with Crippen LogP contribution in [0.3, 0.4) is 0 Å². The smallest absolute Gasteiger partial charge is 0.411 e. The second-order valence-corrected chi connectivity index (χ2v) is 5.45. The van der Waals surface area contributed by atoms with Crippen molar-refractivity contribution in [2.45, 2.75) is 17.7 Å². The number of benzene rings is 1. The number of carbonyl (C=O) groups excluding carboxylic acids is 1. The predicted molar refractivity (Wildman–Crippen MR) is 74.1 cm³/mol. The van der Waals surface area contributed by atoms with Gasteiger partial charge < -0.3 is 9.84 Å². The molecule has 1 aromatic rings. The minimum absolute atomic E-state index is 0.0338. The summed E-state index contributed by atoms with van der Waals surface area (Å²) in [6.45, 7) is 0.210. The van der Waals surface area contributed by atoms with Crippen LogP contribution < -0.4 is 5.32 Å². The van der Waals surface area contributed by atoms with Gasteiger partial charge in [0.05, 0.1) is 11.5 Å². The highest BCUT2D eigenvalue weighted by atomic mass is 32.2. The maximum absolute atomic E-state index is 11.4. The SMILES string of the molecule is [N-]=[N+]=NS(=O)(=O)c1ccc(NC(=O)OCCCCO)cc1. The van der Waals surface area contributed by atoms with Crippen molar-refractivity contribution in [1.82, 2.24) is 0 Å². The van der Waals surface area contributed by atoms with Crippen molar-refractivity contribution in [1.29, 1.82) is 0 Å². The zero-order valence-corrected chi connectivity index (χ0v) is 11.8. The Kier molecular flexibility index (Phi) is 6.47. The topological polar surface area (TPSA) is 141 Å². The fourth-order valence-corrected chi connectivity index (χ4v) is 2.01. The highest BCUT2D eigenvalue weighted by Gasteiger charge is 2.12. The normalized spacial score (nSPS) is 10.5. The highest BCUT2D eigenvalue weighted by molar-refractivity contribution is 7.90. The van der Waals surface area contributed by atoms with E-state index < -0.39 is 16.1 Å². The number of amides is 1. The van der Waals surface area contributed by atoms with Crippen molar-refractivity contribution < 1.29 is 23.1 Å². The molecule has 0 aliphatic carbocycles. The summed E-state index contributed by atoms with van der Waals surface area (Å²) in [4.78, 5) is 13.4. The van der Waals surface area contributed by atoms with E-state index in [1.54, 1.807) is 0 Å². The predicted octanol–water partition coefficient (Wildman–Crippen LogP) is 2.01. The summed E-state index contributed by atoms with van der Waals surface area (Å²) in [7, 11) is -4.04. The van der Waals surface area contributed by atoms with Crippen molar-refractivity contribution in [3.05, 3.63) is 34.7 Å². The van der Waals surface area contributed by atoms with Crippen molar-refractivity contribution >= 4 is 21.8 Å². The zero-order valence-electron chi connectivity index (χ0n) is 11.0. The van der Waals surface area contributed by atoms with Gasteiger partial charge in [0.15, 0.2) is 0 Å². The second-order valence-electron chi connectivity index (χ2n) is 3.86. The molecule has 0 fully saturated rings. The first-order valence-electron chi connectivity index (χ1n) is 5.95. The average molecular weight is 314 g/mol. The largest absolute Gasteiger partial charge is 0.449 e. The lowest BCUT2D eigenvalue weighted by atomic mass is 10.3. The molecule has 21 heavy (non-hydrogen) atoms. The van der Waals surface area contributed by atoms with E-state index >= 15 is 0 Å². The van der Waals surface area contributed by atoms with E-state index in [2.05, 4.69) is 14.7 Å². The number of ether oxygens (including phenoxy) is 1. The van der Waals surface area contributed by atoms with Gasteiger partial charge in [-0.1, -0.05) is 0 Å². The Morgan fingerprint density at radius 1 is 1.33 bits per heavy atom. The molecule has 9 nitrogen and oxygen atoms in total. The third kappa shape index (κ3) is 5.69. The van der Waals surface area contributed by atoms with Gasteiger partial charge in [0.25, 0.3) is 10.0 Å². The Labute approximate surface area is 121 Å². The van der Waals surface area contributed by atoms with Gasteiger partial charge >= 0.3 is 6.09 Å². The molecule has 0 saturated heterocycles. The highest BCUT2D eigenvalue weighted by Crippen LogP contribution is 2.16. The van der Waals surface area contributed by atoms with Crippen LogP contribution in [0, 0.1) is 0 Å². The standard InChI is InChI=1S/C11H14N4O5S/c12-14-15-21(18,19)10-5-3-9(4-6-10)13-11(17)20-8-2-1-7-16/h3-6,16H,1-2,7-8H2,(H,13,17). The summed E-state index contributed by atoms with van der Waals surface area (Å²) in [5.41, 5.74) is 8.48. The number of aliphatic hydroxyl groups is 1. The molecule has 0 bridgehead atoms. The summed E-state index contributed by atoms with van der Waals surface area (Å²) in [5, 5.41) is 11.0. The van der Waals surface area contributed by atoms with E-state index in [0.717, 1.165) is 0 Å². The fraction of sp³-hybridized carbons (Fsp3) is 0.364. The minimum Gasteiger partial charge on any atom is -0.449 e. The zero-order chi connectivity index (χ0) is 15.7. The van der Waals surface area contributed by atoms with Crippen LogP contribution in [0.25, 0.3) is 10.4 Å². The maximum Gasteiger partial charge on any atom is 0.411 e. The number of carbonyl (C=O) groups is 1. The Balaban J connectivity index is 2.59. The summed E-state index contributed by atoms with van der Waals surface area (Å²) >= 11 is 0. The number of unbranched alkanes of at least 4 members (excludes halogenated alkanes) is 1. The third-order valence-corrected chi connectivity index (χ3v) is 3.48. The van der Waals surface area contributed by atoms with Gasteiger partial charge in [-0.25, -0.2) is 13.2 Å². The Morgan fingerprint density at radius 2 is 2.00 bits per heavy atom. The van der Waals surface area contributed by atoms with Crippen molar-refractivity contribution in [2.24, 2.45) is 4.52 Å². The van der Waals surface area contributed by atoms with E-state index in [-0.39, 0.29) is 18.1 Å². The second kappa shape index (κ2) is 8.10. The van der Waals surface area contributed by atoms with Gasteiger partial charge in [0.1, 0.15) is 0 Å². The molecule has 0 heterocycles. The summed E-state index contributed by atoms with van der Waals surface area (Å²) < 4.78 is 30.4. The molecule has 0 aliphatic heterocycles. The lowest BCUT2D eigenvalue weighted by Gasteiger charge is -2.07. The van der Waals surface area contributed by atoms with Crippen LogP contribution in [-0.4, -0.2) is 32.8 Å². The van der Waals surface area contributed by atoms with Crippen molar-refractivity contribution in [3.8, 4) is 0 Å². The molecule has 0 atom stereocenters. The summed E-state index contributed by atoms with van der Waals surface area (Å²) in [6, 6.07) is 5.08. The maximum atomic E-state index is 11.4. The minimum atomic E-state index is -4.04. The van der Waals surface area contributed by atoms with Crippen LogP contribution in [0.15, 0.2) is 33.7 Å². The van der Waals surface area contributed by atoms with Crippen LogP contribution in [0.4, 0.5) is 10.5 Å². The first-order valence-corrected chi connectivity index (χ1v) is 7.39. The van der Waals surface area contributed by atoms with Crippen molar-refractivity contribution in [3.63, 3.8) is 0 Å². The molecule has 0 aliphatic rings. The lowest BCUT2D eigenvalue weighted by Crippen LogP contribution is -2.14. The molecule has 0 spiro atoms. The van der Waals surface area contributed by atoms with Gasteiger partial charge in [-0.3, -0.25) is 5.32 Å². The van der Waals surface area contributed by atoms with E-state index in [4.69, 9.17) is 15.4 Å². The number of nitrogens with zero attached hydrogens (tertiary/aromatic N) is 3. The molecular formula is C11H14N4O5S. The number of anilines is 1. The summed E-state index contributed by atoms with van der Waals surface area (Å²) in [6.07, 6.45) is 0.408. The molecule has 10 heteroatoms. The number of hydrogen-bond acceptors (Lipinski definition) is 5.